The molecule has 40 heavy (non-hydrogen) atoms. The second-order valence-electron chi connectivity index (χ2n) is 10.9. The molecule has 11 heteroatoms. The molecule has 1 aliphatic heterocycles. The number of allylic oxidation sites excluding steroid dienone is 1. The van der Waals surface area contributed by atoms with Crippen LogP contribution in [0.5, 0.6) is 0 Å². The van der Waals surface area contributed by atoms with Crippen LogP contribution < -0.4 is 16.0 Å². The van der Waals surface area contributed by atoms with E-state index in [9.17, 15) is 13.2 Å². The first-order valence-electron chi connectivity index (χ1n) is 13.6. The zero-order valence-electron chi connectivity index (χ0n) is 22.1. The fourth-order valence-electron chi connectivity index (χ4n) is 5.44. The maximum Gasteiger partial charge on any atom is 0.228 e. The summed E-state index contributed by atoms with van der Waals surface area (Å²) in [4.78, 5) is 16.9. The van der Waals surface area contributed by atoms with Gasteiger partial charge in [0, 0.05) is 29.4 Å². The van der Waals surface area contributed by atoms with Gasteiger partial charge in [0.2, 0.25) is 5.91 Å². The van der Waals surface area contributed by atoms with Crippen LogP contribution in [0.25, 0.3) is 11.7 Å². The SMILES string of the molecule is C=C1NC(=O)C/C1=C\c1cnn2c(NC3CC3)cc(NC3CCC(CS(=O)(=O)c4cccc(C#N)c4)CC3)nc12. The minimum Gasteiger partial charge on any atom is -0.367 e. The summed E-state index contributed by atoms with van der Waals surface area (Å²) in [6.07, 6.45) is 9.43. The number of carbonyl (C=O) groups is 1. The Kier molecular flexibility index (Phi) is 6.80. The highest BCUT2D eigenvalue weighted by Crippen LogP contribution is 2.32. The second-order valence-corrected chi connectivity index (χ2v) is 13.0. The Labute approximate surface area is 233 Å². The number of amides is 1. The first kappa shape index (κ1) is 26.1. The van der Waals surface area contributed by atoms with Gasteiger partial charge in [-0.1, -0.05) is 12.6 Å². The Morgan fingerprint density at radius 1 is 1.12 bits per heavy atom. The zero-order chi connectivity index (χ0) is 27.9. The zero-order valence-corrected chi connectivity index (χ0v) is 22.9. The van der Waals surface area contributed by atoms with Gasteiger partial charge in [-0.15, -0.1) is 0 Å². The second kappa shape index (κ2) is 10.4. The molecule has 1 aromatic carbocycles. The maximum absolute atomic E-state index is 13.0. The van der Waals surface area contributed by atoms with Gasteiger partial charge in [-0.05, 0) is 74.3 Å². The van der Waals surface area contributed by atoms with Crippen LogP contribution >= 0.6 is 0 Å². The summed E-state index contributed by atoms with van der Waals surface area (Å²) in [6, 6.07) is 10.8. The van der Waals surface area contributed by atoms with Crippen LogP contribution in [-0.2, 0) is 14.6 Å². The third-order valence-electron chi connectivity index (χ3n) is 7.76. The van der Waals surface area contributed by atoms with Gasteiger partial charge < -0.3 is 16.0 Å². The summed E-state index contributed by atoms with van der Waals surface area (Å²) in [5, 5.41) is 23.6. The molecule has 3 fully saturated rings. The van der Waals surface area contributed by atoms with Crippen molar-refractivity contribution in [1.29, 1.82) is 5.26 Å². The number of fused-ring (bicyclic) bond motifs is 1. The summed E-state index contributed by atoms with van der Waals surface area (Å²) >= 11 is 0. The van der Waals surface area contributed by atoms with E-state index in [1.165, 1.54) is 6.07 Å². The maximum atomic E-state index is 13.0. The molecular weight excluding hydrogens is 526 g/mol. The van der Waals surface area contributed by atoms with Crippen molar-refractivity contribution in [2.45, 2.75) is 61.9 Å². The van der Waals surface area contributed by atoms with Gasteiger partial charge in [-0.2, -0.15) is 14.9 Å². The third kappa shape index (κ3) is 5.58. The lowest BCUT2D eigenvalue weighted by Gasteiger charge is -2.29. The minimum atomic E-state index is -3.46. The lowest BCUT2D eigenvalue weighted by atomic mass is 9.87. The Hall–Kier alpha value is -4.17. The number of carbonyl (C=O) groups excluding carboxylic acids is 1. The van der Waals surface area contributed by atoms with E-state index < -0.39 is 9.84 Å². The Balaban J connectivity index is 1.17. The standard InChI is InChI=1S/C29H31N7O3S/c1-18-21(13-28(37)32-18)12-22-16-31-36-27(34-24-9-10-24)14-26(35-29(22)36)33-23-7-5-19(6-8-23)17-40(38,39)25-4-2-3-20(11-25)15-30/h2-4,11-12,14,16,19,23-24,34H,1,5-10,13,17H2,(H,32,37)(H,33,35)/b21-12+. The molecule has 10 nitrogen and oxygen atoms in total. The van der Waals surface area contributed by atoms with Gasteiger partial charge in [0.1, 0.15) is 11.6 Å². The predicted octanol–water partition coefficient (Wildman–Crippen LogP) is 4.04. The number of sulfone groups is 1. The Bertz CT molecular complexity index is 1670. The minimum absolute atomic E-state index is 0.0696. The van der Waals surface area contributed by atoms with Crippen LogP contribution in [0, 0.1) is 17.2 Å². The number of nitrogens with zero attached hydrogens (tertiary/aromatic N) is 4. The van der Waals surface area contributed by atoms with Gasteiger partial charge in [0.05, 0.1) is 34.9 Å². The number of nitrogens with one attached hydrogen (secondary N) is 3. The van der Waals surface area contributed by atoms with Crippen molar-refractivity contribution in [2.24, 2.45) is 5.92 Å². The Morgan fingerprint density at radius 3 is 2.58 bits per heavy atom. The third-order valence-corrected chi connectivity index (χ3v) is 9.65. The molecule has 206 valence electrons. The van der Waals surface area contributed by atoms with Crippen molar-refractivity contribution >= 4 is 39.1 Å². The molecule has 3 heterocycles. The molecule has 0 spiro atoms. The average molecular weight is 558 g/mol. The molecule has 2 saturated carbocycles. The van der Waals surface area contributed by atoms with Crippen LogP contribution in [-0.4, -0.2) is 46.8 Å². The fourth-order valence-corrected chi connectivity index (χ4v) is 7.18. The van der Waals surface area contributed by atoms with E-state index in [0.29, 0.717) is 22.9 Å². The molecule has 0 atom stereocenters. The molecule has 0 bridgehead atoms. The van der Waals surface area contributed by atoms with Crippen molar-refractivity contribution in [2.75, 3.05) is 16.4 Å². The number of rotatable bonds is 8. The topological polar surface area (TPSA) is 141 Å². The molecule has 6 rings (SSSR count). The molecular formula is C29H31N7O3S. The van der Waals surface area contributed by atoms with Gasteiger partial charge >= 0.3 is 0 Å². The van der Waals surface area contributed by atoms with E-state index in [-0.39, 0.29) is 34.9 Å². The molecule has 2 aliphatic carbocycles. The van der Waals surface area contributed by atoms with Gasteiger partial charge in [0.25, 0.3) is 0 Å². The molecule has 1 saturated heterocycles. The van der Waals surface area contributed by atoms with Crippen molar-refractivity contribution < 1.29 is 13.2 Å². The van der Waals surface area contributed by atoms with Crippen LogP contribution in [0.2, 0.25) is 0 Å². The molecule has 1 amide bonds. The average Bonchev–Trinajstić information content (AvgIpc) is 3.57. The molecule has 0 unspecified atom stereocenters. The number of hydrogen-bond donors (Lipinski definition) is 3. The molecule has 3 aromatic rings. The summed E-state index contributed by atoms with van der Waals surface area (Å²) in [5.74, 6) is 1.68. The number of anilines is 2. The van der Waals surface area contributed by atoms with E-state index >= 15 is 0 Å². The molecule has 0 radical (unpaired) electrons. The highest BCUT2D eigenvalue weighted by molar-refractivity contribution is 7.91. The first-order valence-corrected chi connectivity index (χ1v) is 15.3. The lowest BCUT2D eigenvalue weighted by Crippen LogP contribution is -2.29. The largest absolute Gasteiger partial charge is 0.367 e. The van der Waals surface area contributed by atoms with Gasteiger partial charge in [-0.3, -0.25) is 4.79 Å². The van der Waals surface area contributed by atoms with Crippen molar-refractivity contribution in [3.05, 3.63) is 65.5 Å². The summed E-state index contributed by atoms with van der Waals surface area (Å²) in [7, 11) is -3.46. The van der Waals surface area contributed by atoms with Gasteiger partial charge in [-0.25, -0.2) is 13.4 Å². The van der Waals surface area contributed by atoms with Crippen molar-refractivity contribution in [1.82, 2.24) is 19.9 Å². The van der Waals surface area contributed by atoms with E-state index in [4.69, 9.17) is 10.2 Å². The highest BCUT2D eigenvalue weighted by Gasteiger charge is 2.28. The predicted molar refractivity (Wildman–Crippen MR) is 152 cm³/mol. The first-order chi connectivity index (χ1) is 19.3. The molecule has 2 aromatic heterocycles. The van der Waals surface area contributed by atoms with E-state index in [1.54, 1.807) is 28.9 Å². The number of nitriles is 1. The number of aromatic nitrogens is 3. The number of benzene rings is 1. The van der Waals surface area contributed by atoms with Crippen molar-refractivity contribution in [3.63, 3.8) is 0 Å². The number of hydrogen-bond acceptors (Lipinski definition) is 8. The van der Waals surface area contributed by atoms with Crippen LogP contribution in [0.1, 0.15) is 56.1 Å². The van der Waals surface area contributed by atoms with E-state index in [2.05, 4.69) is 27.6 Å². The van der Waals surface area contributed by atoms with Crippen LogP contribution in [0.3, 0.4) is 0 Å². The highest BCUT2D eigenvalue weighted by atomic mass is 32.2. The summed E-state index contributed by atoms with van der Waals surface area (Å²) < 4.78 is 27.8. The summed E-state index contributed by atoms with van der Waals surface area (Å²) in [6.45, 7) is 3.94. The fraction of sp³-hybridized carbons (Fsp3) is 0.379. The van der Waals surface area contributed by atoms with Crippen molar-refractivity contribution in [3.8, 4) is 6.07 Å². The van der Waals surface area contributed by atoms with Gasteiger partial charge in [0.15, 0.2) is 15.5 Å². The lowest BCUT2D eigenvalue weighted by molar-refractivity contribution is -0.118. The smallest absolute Gasteiger partial charge is 0.228 e. The summed E-state index contributed by atoms with van der Waals surface area (Å²) in [5.41, 5.74) is 3.28. The monoisotopic (exact) mass is 557 g/mol. The van der Waals surface area contributed by atoms with E-state index in [1.807, 2.05) is 18.2 Å². The quantitative estimate of drug-likeness (QED) is 0.377. The molecule has 3 N–H and O–H groups in total. The van der Waals surface area contributed by atoms with Crippen LogP contribution in [0.4, 0.5) is 11.6 Å². The Morgan fingerprint density at radius 2 is 1.88 bits per heavy atom. The molecule has 3 aliphatic rings. The normalized spacial score (nSPS) is 22.3. The van der Waals surface area contributed by atoms with E-state index in [0.717, 1.165) is 61.3 Å². The van der Waals surface area contributed by atoms with Crippen LogP contribution in [0.15, 0.2) is 59.3 Å².